The van der Waals surface area contributed by atoms with Gasteiger partial charge in [0.05, 0.1) is 0 Å². The van der Waals surface area contributed by atoms with Gasteiger partial charge in [0.25, 0.3) is 0 Å². The summed E-state index contributed by atoms with van der Waals surface area (Å²) >= 11 is -0.902. The molecule has 0 bridgehead atoms. The first-order chi connectivity index (χ1) is 7.16. The fourth-order valence-electron chi connectivity index (χ4n) is 1.25. The molecule has 0 N–H and O–H groups in total. The van der Waals surface area contributed by atoms with Crippen molar-refractivity contribution >= 4 is 22.4 Å². The van der Waals surface area contributed by atoms with E-state index >= 15 is 0 Å². The maximum atomic E-state index is 10.7. The van der Waals surface area contributed by atoms with Gasteiger partial charge in [0, 0.05) is 10.9 Å². The molecule has 16 heavy (non-hydrogen) atoms. The molecule has 0 saturated carbocycles. The Balaban J connectivity index is 0.00000128. The van der Waals surface area contributed by atoms with Crippen LogP contribution in [0.25, 0.3) is 10.6 Å². The molecule has 0 spiro atoms. The van der Waals surface area contributed by atoms with E-state index in [4.69, 9.17) is 0 Å². The SMILES string of the molecule is Cc1cccc(-c2nc(S(=O)[O-])cs2)c1.[Na+]. The van der Waals surface area contributed by atoms with Crippen molar-refractivity contribution in [1.29, 1.82) is 0 Å². The van der Waals surface area contributed by atoms with E-state index in [9.17, 15) is 8.76 Å². The predicted molar refractivity (Wildman–Crippen MR) is 59.5 cm³/mol. The Morgan fingerprint density at radius 2 is 2.19 bits per heavy atom. The van der Waals surface area contributed by atoms with Crippen LogP contribution in [0.4, 0.5) is 0 Å². The second-order valence-corrected chi connectivity index (χ2v) is 4.84. The van der Waals surface area contributed by atoms with Crippen LogP contribution < -0.4 is 29.6 Å². The minimum absolute atomic E-state index is 0. The number of nitrogens with zero attached hydrogens (tertiary/aromatic N) is 1. The molecule has 1 heterocycles. The molecule has 0 radical (unpaired) electrons. The summed E-state index contributed by atoms with van der Waals surface area (Å²) in [6.07, 6.45) is 0. The maximum Gasteiger partial charge on any atom is 1.00 e. The van der Waals surface area contributed by atoms with Gasteiger partial charge in [-0.25, -0.2) is 4.98 Å². The molecule has 1 aromatic carbocycles. The van der Waals surface area contributed by atoms with E-state index in [0.717, 1.165) is 16.1 Å². The molecule has 0 aliphatic carbocycles. The van der Waals surface area contributed by atoms with Gasteiger partial charge in [-0.15, -0.1) is 11.3 Å². The van der Waals surface area contributed by atoms with Crippen LogP contribution in [0.2, 0.25) is 0 Å². The van der Waals surface area contributed by atoms with Gasteiger partial charge in [0.1, 0.15) is 10.0 Å². The summed E-state index contributed by atoms with van der Waals surface area (Å²) < 4.78 is 21.3. The van der Waals surface area contributed by atoms with Gasteiger partial charge >= 0.3 is 29.6 Å². The van der Waals surface area contributed by atoms with E-state index in [1.54, 1.807) is 5.38 Å². The topological polar surface area (TPSA) is 53.0 Å². The number of rotatable bonds is 2. The molecule has 6 heteroatoms. The van der Waals surface area contributed by atoms with Gasteiger partial charge in [-0.2, -0.15) is 0 Å². The minimum Gasteiger partial charge on any atom is -0.767 e. The van der Waals surface area contributed by atoms with Crippen LogP contribution in [0.5, 0.6) is 0 Å². The normalized spacial score (nSPS) is 11.9. The molecular formula is C10H8NNaO2S2. The largest absolute Gasteiger partial charge is 1.00 e. The number of hydrogen-bond acceptors (Lipinski definition) is 4. The monoisotopic (exact) mass is 261 g/mol. The van der Waals surface area contributed by atoms with Gasteiger partial charge in [0.15, 0.2) is 0 Å². The van der Waals surface area contributed by atoms with Gasteiger partial charge < -0.3 is 4.55 Å². The first-order valence-corrected chi connectivity index (χ1v) is 6.24. The smallest absolute Gasteiger partial charge is 0.767 e. The number of aromatic nitrogens is 1. The molecule has 1 unspecified atom stereocenters. The summed E-state index contributed by atoms with van der Waals surface area (Å²) in [4.78, 5) is 4.03. The van der Waals surface area contributed by atoms with Crippen molar-refractivity contribution in [2.45, 2.75) is 11.9 Å². The number of hydrogen-bond donors (Lipinski definition) is 0. The Morgan fingerprint density at radius 3 is 2.75 bits per heavy atom. The third-order valence-electron chi connectivity index (χ3n) is 1.92. The molecule has 1 aromatic heterocycles. The quantitative estimate of drug-likeness (QED) is 0.534. The molecule has 2 rings (SSSR count). The van der Waals surface area contributed by atoms with Crippen molar-refractivity contribution < 1.29 is 38.3 Å². The predicted octanol–water partition coefficient (Wildman–Crippen LogP) is -0.639. The molecule has 2 aromatic rings. The van der Waals surface area contributed by atoms with E-state index in [1.807, 2.05) is 31.2 Å². The molecule has 0 aliphatic rings. The average molecular weight is 261 g/mol. The van der Waals surface area contributed by atoms with Crippen molar-refractivity contribution in [3.63, 3.8) is 0 Å². The molecule has 0 fully saturated rings. The summed E-state index contributed by atoms with van der Waals surface area (Å²) in [6, 6.07) is 7.82. The Bertz CT molecular complexity index is 513. The van der Waals surface area contributed by atoms with Crippen LogP contribution in [0.3, 0.4) is 0 Å². The van der Waals surface area contributed by atoms with Crippen LogP contribution in [0.15, 0.2) is 34.7 Å². The fourth-order valence-corrected chi connectivity index (χ4v) is 2.61. The zero-order chi connectivity index (χ0) is 10.8. The first-order valence-electron chi connectivity index (χ1n) is 4.28. The third kappa shape index (κ3) is 3.23. The van der Waals surface area contributed by atoms with Gasteiger partial charge in [-0.05, 0) is 24.1 Å². The van der Waals surface area contributed by atoms with E-state index in [-0.39, 0.29) is 34.6 Å². The van der Waals surface area contributed by atoms with Gasteiger partial charge in [0.2, 0.25) is 0 Å². The van der Waals surface area contributed by atoms with Gasteiger partial charge in [-0.3, -0.25) is 4.21 Å². The summed E-state index contributed by atoms with van der Waals surface area (Å²) in [6.45, 7) is 1.99. The Morgan fingerprint density at radius 1 is 1.44 bits per heavy atom. The van der Waals surface area contributed by atoms with Crippen LogP contribution in [0, 0.1) is 6.92 Å². The van der Waals surface area contributed by atoms with E-state index in [0.29, 0.717) is 0 Å². The van der Waals surface area contributed by atoms with E-state index in [2.05, 4.69) is 4.98 Å². The molecular weight excluding hydrogens is 253 g/mol. The summed E-state index contributed by atoms with van der Waals surface area (Å²) in [5, 5.41) is 2.38. The standard InChI is InChI=1S/C10H9NO2S2.Na/c1-7-3-2-4-8(5-7)10-11-9(6-14-10)15(12)13;/h2-6H,1H3,(H,12,13);/q;+1/p-1. The summed E-state index contributed by atoms with van der Waals surface area (Å²) in [7, 11) is 0. The Kier molecular flexibility index (Phi) is 5.30. The average Bonchev–Trinajstić information content (AvgIpc) is 2.66. The first kappa shape index (κ1) is 14.0. The number of aryl methyl sites for hydroxylation is 1. The number of thiazole rings is 1. The molecule has 0 amide bonds. The molecule has 0 aliphatic heterocycles. The molecule has 1 atom stereocenters. The molecule has 3 nitrogen and oxygen atoms in total. The van der Waals surface area contributed by atoms with Crippen LogP contribution in [0.1, 0.15) is 5.56 Å². The number of benzene rings is 1. The van der Waals surface area contributed by atoms with Crippen LogP contribution in [-0.4, -0.2) is 13.7 Å². The second kappa shape index (κ2) is 6.05. The summed E-state index contributed by atoms with van der Waals surface area (Å²) in [5.74, 6) is 0. The molecule has 78 valence electrons. The second-order valence-electron chi connectivity index (χ2n) is 3.10. The van der Waals surface area contributed by atoms with Gasteiger partial charge in [-0.1, -0.05) is 23.8 Å². The Labute approximate surface area is 123 Å². The Hall–Kier alpha value is -0.0400. The zero-order valence-electron chi connectivity index (χ0n) is 8.97. The molecule has 0 saturated heterocycles. The van der Waals surface area contributed by atoms with Crippen molar-refractivity contribution in [3.8, 4) is 10.6 Å². The van der Waals surface area contributed by atoms with E-state index in [1.165, 1.54) is 11.3 Å². The van der Waals surface area contributed by atoms with Crippen LogP contribution >= 0.6 is 11.3 Å². The van der Waals surface area contributed by atoms with Crippen molar-refractivity contribution in [2.24, 2.45) is 0 Å². The zero-order valence-corrected chi connectivity index (χ0v) is 12.6. The fraction of sp³-hybridized carbons (Fsp3) is 0.100. The van der Waals surface area contributed by atoms with E-state index < -0.39 is 11.1 Å². The van der Waals surface area contributed by atoms with Crippen LogP contribution in [-0.2, 0) is 11.1 Å². The minimum atomic E-state index is -2.24. The summed E-state index contributed by atoms with van der Waals surface area (Å²) in [5.41, 5.74) is 2.09. The van der Waals surface area contributed by atoms with Crippen molar-refractivity contribution in [3.05, 3.63) is 35.2 Å². The van der Waals surface area contributed by atoms with Crippen molar-refractivity contribution in [2.75, 3.05) is 0 Å². The van der Waals surface area contributed by atoms with Crippen molar-refractivity contribution in [1.82, 2.24) is 4.98 Å². The maximum absolute atomic E-state index is 10.7. The third-order valence-corrected chi connectivity index (χ3v) is 3.51.